The first kappa shape index (κ1) is 21.9. The molecule has 4 rings (SSSR count). The highest BCUT2D eigenvalue weighted by atomic mass is 35.5. The molecule has 0 radical (unpaired) electrons. The third-order valence-electron chi connectivity index (χ3n) is 4.88. The lowest BCUT2D eigenvalue weighted by Crippen LogP contribution is -2.20. The molecule has 4 aromatic rings. The van der Waals surface area contributed by atoms with E-state index in [1.165, 1.54) is 11.3 Å². The Balaban J connectivity index is 1.48. The minimum atomic E-state index is -0.365. The Labute approximate surface area is 198 Å². The number of carbonyl (C=O) groups is 1. The Kier molecular flexibility index (Phi) is 6.39. The topological polar surface area (TPSA) is 51.2 Å². The first-order valence-corrected chi connectivity index (χ1v) is 11.4. The maximum absolute atomic E-state index is 12.4. The fourth-order valence-corrected chi connectivity index (χ4v) is 4.78. The molecule has 8 heteroatoms. The molecule has 158 valence electrons. The summed E-state index contributed by atoms with van der Waals surface area (Å²) in [4.78, 5) is 17.0. The predicted octanol–water partition coefficient (Wildman–Crippen LogP) is 7.56. The third-order valence-corrected chi connectivity index (χ3v) is 7.11. The van der Waals surface area contributed by atoms with Gasteiger partial charge in [-0.25, -0.2) is 4.98 Å². The standard InChI is InChI=1S/C23H17Cl3N2O2S/c1-12-19(24)13(2)21(26)22(20(12)25)30-10-18(29)28-23-27-17(11-31-23)16-9-5-7-14-6-3-4-8-15(14)16/h3-9,11H,10H2,1-2H3,(H,27,28,29). The van der Waals surface area contributed by atoms with Crippen LogP contribution in [0.15, 0.2) is 47.8 Å². The number of anilines is 1. The van der Waals surface area contributed by atoms with Crippen molar-refractivity contribution in [2.24, 2.45) is 0 Å². The van der Waals surface area contributed by atoms with Crippen molar-refractivity contribution in [1.82, 2.24) is 4.98 Å². The molecule has 1 heterocycles. The van der Waals surface area contributed by atoms with Crippen molar-refractivity contribution in [1.29, 1.82) is 0 Å². The maximum Gasteiger partial charge on any atom is 0.264 e. The van der Waals surface area contributed by atoms with Gasteiger partial charge in [0.15, 0.2) is 17.5 Å². The summed E-state index contributed by atoms with van der Waals surface area (Å²) in [6, 6.07) is 14.2. The Morgan fingerprint density at radius 1 is 1.00 bits per heavy atom. The summed E-state index contributed by atoms with van der Waals surface area (Å²) in [6.07, 6.45) is 0. The van der Waals surface area contributed by atoms with Crippen LogP contribution >= 0.6 is 46.1 Å². The molecule has 0 aliphatic heterocycles. The van der Waals surface area contributed by atoms with Gasteiger partial charge in [-0.05, 0) is 35.7 Å². The van der Waals surface area contributed by atoms with Gasteiger partial charge in [0.2, 0.25) is 0 Å². The lowest BCUT2D eigenvalue weighted by atomic mass is 10.0. The average Bonchev–Trinajstić information content (AvgIpc) is 3.24. The van der Waals surface area contributed by atoms with Crippen molar-refractivity contribution in [2.45, 2.75) is 13.8 Å². The molecule has 0 bridgehead atoms. The number of halogens is 3. The number of hydrogen-bond acceptors (Lipinski definition) is 4. The summed E-state index contributed by atoms with van der Waals surface area (Å²) in [7, 11) is 0. The Hall–Kier alpha value is -2.31. The lowest BCUT2D eigenvalue weighted by Gasteiger charge is -2.15. The van der Waals surface area contributed by atoms with Crippen LogP contribution < -0.4 is 10.1 Å². The van der Waals surface area contributed by atoms with Crippen LogP contribution in [0.4, 0.5) is 5.13 Å². The summed E-state index contributed by atoms with van der Waals surface area (Å²) < 4.78 is 5.61. The number of aromatic nitrogens is 1. The van der Waals surface area contributed by atoms with Gasteiger partial charge in [-0.15, -0.1) is 11.3 Å². The van der Waals surface area contributed by atoms with Gasteiger partial charge < -0.3 is 4.74 Å². The van der Waals surface area contributed by atoms with E-state index in [1.807, 2.05) is 29.6 Å². The van der Waals surface area contributed by atoms with Gasteiger partial charge >= 0.3 is 0 Å². The number of nitrogens with one attached hydrogen (secondary N) is 1. The second-order valence-corrected chi connectivity index (χ2v) is 8.91. The molecule has 0 fully saturated rings. The molecule has 0 spiro atoms. The van der Waals surface area contributed by atoms with Crippen molar-refractivity contribution in [3.05, 3.63) is 74.0 Å². The zero-order valence-electron chi connectivity index (χ0n) is 16.6. The van der Waals surface area contributed by atoms with E-state index < -0.39 is 0 Å². The molecule has 0 saturated carbocycles. The predicted molar refractivity (Wildman–Crippen MR) is 130 cm³/mol. The van der Waals surface area contributed by atoms with Crippen LogP contribution in [0.1, 0.15) is 11.1 Å². The summed E-state index contributed by atoms with van der Waals surface area (Å²) in [6.45, 7) is 3.28. The van der Waals surface area contributed by atoms with Gasteiger partial charge in [0.05, 0.1) is 15.7 Å². The highest BCUT2D eigenvalue weighted by molar-refractivity contribution is 7.14. The molecule has 1 amide bonds. The van der Waals surface area contributed by atoms with E-state index in [0.717, 1.165) is 22.0 Å². The monoisotopic (exact) mass is 490 g/mol. The minimum absolute atomic E-state index is 0.244. The van der Waals surface area contributed by atoms with E-state index in [4.69, 9.17) is 39.5 Å². The van der Waals surface area contributed by atoms with Crippen molar-refractivity contribution in [3.63, 3.8) is 0 Å². The second kappa shape index (κ2) is 9.05. The fourth-order valence-electron chi connectivity index (χ4n) is 3.23. The van der Waals surface area contributed by atoms with E-state index in [-0.39, 0.29) is 18.3 Å². The van der Waals surface area contributed by atoms with Gasteiger partial charge in [0.25, 0.3) is 5.91 Å². The quantitative estimate of drug-likeness (QED) is 0.313. The normalized spacial score (nSPS) is 11.0. The van der Waals surface area contributed by atoms with Crippen LogP contribution in [-0.4, -0.2) is 17.5 Å². The van der Waals surface area contributed by atoms with Crippen molar-refractivity contribution in [3.8, 4) is 17.0 Å². The molecule has 3 aromatic carbocycles. The number of nitrogens with zero attached hydrogens (tertiary/aromatic N) is 1. The molecule has 1 aromatic heterocycles. The van der Waals surface area contributed by atoms with Crippen molar-refractivity contribution < 1.29 is 9.53 Å². The van der Waals surface area contributed by atoms with E-state index in [9.17, 15) is 4.79 Å². The van der Waals surface area contributed by atoms with E-state index in [0.29, 0.717) is 31.3 Å². The molecular weight excluding hydrogens is 475 g/mol. The average molecular weight is 492 g/mol. The first-order chi connectivity index (χ1) is 14.9. The molecule has 0 unspecified atom stereocenters. The highest BCUT2D eigenvalue weighted by Crippen LogP contribution is 2.42. The van der Waals surface area contributed by atoms with Gasteiger partial charge in [-0.2, -0.15) is 0 Å². The molecule has 0 aliphatic carbocycles. The van der Waals surface area contributed by atoms with E-state index >= 15 is 0 Å². The number of thiazole rings is 1. The number of hydrogen-bond donors (Lipinski definition) is 1. The SMILES string of the molecule is Cc1c(Cl)c(C)c(Cl)c(OCC(=O)Nc2nc(-c3cccc4ccccc34)cs2)c1Cl. The smallest absolute Gasteiger partial charge is 0.264 e. The lowest BCUT2D eigenvalue weighted by molar-refractivity contribution is -0.118. The fraction of sp³-hybridized carbons (Fsp3) is 0.130. The van der Waals surface area contributed by atoms with Crippen LogP contribution in [0.2, 0.25) is 15.1 Å². The first-order valence-electron chi connectivity index (χ1n) is 9.36. The molecule has 4 nitrogen and oxygen atoms in total. The summed E-state index contributed by atoms with van der Waals surface area (Å²) in [5.41, 5.74) is 3.12. The van der Waals surface area contributed by atoms with Crippen molar-refractivity contribution >= 4 is 68.0 Å². The van der Waals surface area contributed by atoms with Crippen LogP contribution in [0, 0.1) is 13.8 Å². The van der Waals surface area contributed by atoms with E-state index in [2.05, 4.69) is 28.5 Å². The number of carbonyl (C=O) groups excluding carboxylic acids is 1. The number of fused-ring (bicyclic) bond motifs is 1. The minimum Gasteiger partial charge on any atom is -0.481 e. The molecule has 31 heavy (non-hydrogen) atoms. The zero-order valence-corrected chi connectivity index (χ0v) is 19.7. The highest BCUT2D eigenvalue weighted by Gasteiger charge is 2.19. The van der Waals surface area contributed by atoms with E-state index in [1.54, 1.807) is 13.8 Å². The van der Waals surface area contributed by atoms with Crippen LogP contribution in [-0.2, 0) is 4.79 Å². The Morgan fingerprint density at radius 2 is 1.68 bits per heavy atom. The summed E-state index contributed by atoms with van der Waals surface area (Å²) >= 11 is 20.2. The Morgan fingerprint density at radius 3 is 2.42 bits per heavy atom. The van der Waals surface area contributed by atoms with Gasteiger partial charge in [0.1, 0.15) is 0 Å². The molecule has 0 atom stereocenters. The van der Waals surface area contributed by atoms with Gasteiger partial charge in [-0.1, -0.05) is 77.3 Å². The summed E-state index contributed by atoms with van der Waals surface area (Å²) in [5, 5.41) is 8.47. The molecule has 1 N–H and O–H groups in total. The zero-order chi connectivity index (χ0) is 22.1. The molecule has 0 saturated heterocycles. The van der Waals surface area contributed by atoms with Gasteiger partial charge in [-0.3, -0.25) is 10.1 Å². The number of benzene rings is 3. The summed E-state index contributed by atoms with van der Waals surface area (Å²) in [5.74, 6) is -0.121. The number of amides is 1. The molecular formula is C23H17Cl3N2O2S. The number of ether oxygens (including phenoxy) is 1. The molecule has 0 aliphatic rings. The van der Waals surface area contributed by atoms with Gasteiger partial charge in [0, 0.05) is 16.0 Å². The largest absolute Gasteiger partial charge is 0.481 e. The second-order valence-electron chi connectivity index (χ2n) is 6.92. The van der Waals surface area contributed by atoms with Crippen LogP contribution in [0.3, 0.4) is 0 Å². The third kappa shape index (κ3) is 4.37. The van der Waals surface area contributed by atoms with Crippen LogP contribution in [0.25, 0.3) is 22.0 Å². The van der Waals surface area contributed by atoms with Crippen LogP contribution in [0.5, 0.6) is 5.75 Å². The Bertz CT molecular complexity index is 1270. The maximum atomic E-state index is 12.4. The number of rotatable bonds is 5. The van der Waals surface area contributed by atoms with Crippen molar-refractivity contribution in [2.75, 3.05) is 11.9 Å².